The molecule has 2 fully saturated rings. The lowest BCUT2D eigenvalue weighted by Crippen LogP contribution is -2.63. The number of alkyl halides is 3. The molecular weight excluding hydrogens is 385 g/mol. The summed E-state index contributed by atoms with van der Waals surface area (Å²) in [6.07, 6.45) is -4.45. The lowest BCUT2D eigenvalue weighted by atomic mass is 9.88. The van der Waals surface area contributed by atoms with Gasteiger partial charge in [0, 0.05) is 31.6 Å². The molecule has 2 aliphatic heterocycles. The molecule has 0 N–H and O–H groups in total. The molecule has 152 valence electrons. The molecule has 5 nitrogen and oxygen atoms in total. The van der Waals surface area contributed by atoms with Gasteiger partial charge in [0.2, 0.25) is 0 Å². The summed E-state index contributed by atoms with van der Waals surface area (Å²) in [5.41, 5.74) is -0.619. The Labute approximate surface area is 165 Å². The van der Waals surface area contributed by atoms with Gasteiger partial charge in [-0.1, -0.05) is 36.4 Å². The van der Waals surface area contributed by atoms with Crippen molar-refractivity contribution in [2.45, 2.75) is 18.1 Å². The van der Waals surface area contributed by atoms with Crippen molar-refractivity contribution in [1.82, 2.24) is 9.80 Å². The van der Waals surface area contributed by atoms with Crippen molar-refractivity contribution in [3.8, 4) is 0 Å². The molecule has 0 aliphatic carbocycles. The topological polar surface area (TPSA) is 49.9 Å². The van der Waals surface area contributed by atoms with Crippen LogP contribution < -0.4 is 0 Å². The molecule has 0 radical (unpaired) electrons. The molecule has 0 spiro atoms. The molecule has 2 saturated heterocycles. The van der Waals surface area contributed by atoms with E-state index in [1.54, 1.807) is 4.90 Å². The number of hydrogen-bond donors (Lipinski definition) is 0. The molecule has 0 bridgehead atoms. The molecule has 29 heavy (non-hydrogen) atoms. The van der Waals surface area contributed by atoms with E-state index >= 15 is 0 Å². The Hall–Kier alpha value is -3.03. The van der Waals surface area contributed by atoms with Crippen LogP contribution in [0.1, 0.15) is 21.5 Å². The molecule has 2 aromatic rings. The fraction of sp³-hybridized carbons (Fsp3) is 0.333. The summed E-state index contributed by atoms with van der Waals surface area (Å²) in [5.74, 6) is -0.484. The van der Waals surface area contributed by atoms with Gasteiger partial charge in [0.1, 0.15) is 12.1 Å². The first-order chi connectivity index (χ1) is 13.8. The van der Waals surface area contributed by atoms with Gasteiger partial charge in [-0.15, -0.1) is 0 Å². The van der Waals surface area contributed by atoms with Crippen molar-refractivity contribution in [2.24, 2.45) is 0 Å². The van der Waals surface area contributed by atoms with E-state index in [9.17, 15) is 22.8 Å². The van der Waals surface area contributed by atoms with E-state index < -0.39 is 29.3 Å². The van der Waals surface area contributed by atoms with Crippen LogP contribution in [0.2, 0.25) is 0 Å². The summed E-state index contributed by atoms with van der Waals surface area (Å²) in [5, 5.41) is 0. The second kappa shape index (κ2) is 7.09. The molecule has 1 unspecified atom stereocenters. The minimum absolute atomic E-state index is 0.0200. The number of cyclic esters (lactones) is 1. The molecule has 4 rings (SSSR count). The minimum Gasteiger partial charge on any atom is -0.447 e. The van der Waals surface area contributed by atoms with Crippen LogP contribution in [0.4, 0.5) is 18.0 Å². The first kappa shape index (κ1) is 19.3. The van der Waals surface area contributed by atoms with Crippen molar-refractivity contribution in [3.63, 3.8) is 0 Å². The average Bonchev–Trinajstić information content (AvgIpc) is 3.03. The molecule has 2 aliphatic rings. The van der Waals surface area contributed by atoms with Crippen LogP contribution >= 0.6 is 0 Å². The van der Waals surface area contributed by atoms with E-state index in [4.69, 9.17) is 4.74 Å². The van der Waals surface area contributed by atoms with Gasteiger partial charge in [-0.2, -0.15) is 13.2 Å². The summed E-state index contributed by atoms with van der Waals surface area (Å²) >= 11 is 0. The van der Waals surface area contributed by atoms with Crippen molar-refractivity contribution in [1.29, 1.82) is 0 Å². The van der Waals surface area contributed by atoms with Gasteiger partial charge in [-0.05, 0) is 23.8 Å². The molecule has 1 atom stereocenters. The zero-order chi connectivity index (χ0) is 20.6. The van der Waals surface area contributed by atoms with E-state index in [0.29, 0.717) is 6.42 Å². The number of carbonyl (C=O) groups excluding carboxylic acids is 2. The van der Waals surface area contributed by atoms with Crippen LogP contribution in [0.5, 0.6) is 0 Å². The average molecular weight is 404 g/mol. The lowest BCUT2D eigenvalue weighted by Gasteiger charge is -2.44. The van der Waals surface area contributed by atoms with Gasteiger partial charge in [-0.25, -0.2) is 4.79 Å². The predicted molar refractivity (Wildman–Crippen MR) is 98.3 cm³/mol. The smallest absolute Gasteiger partial charge is 0.416 e. The number of hydrogen-bond acceptors (Lipinski definition) is 3. The zero-order valence-corrected chi connectivity index (χ0v) is 15.5. The van der Waals surface area contributed by atoms with Crippen LogP contribution in [0.15, 0.2) is 54.6 Å². The number of amides is 2. The third-order valence-corrected chi connectivity index (χ3v) is 5.44. The molecule has 2 heterocycles. The van der Waals surface area contributed by atoms with Crippen molar-refractivity contribution in [3.05, 3.63) is 71.3 Å². The Morgan fingerprint density at radius 2 is 1.83 bits per heavy atom. The normalized spacial score (nSPS) is 21.7. The van der Waals surface area contributed by atoms with Crippen molar-refractivity contribution >= 4 is 12.0 Å². The molecule has 2 amide bonds. The maximum atomic E-state index is 13.0. The molecule has 0 saturated carbocycles. The van der Waals surface area contributed by atoms with Gasteiger partial charge < -0.3 is 9.64 Å². The molecule has 8 heteroatoms. The lowest BCUT2D eigenvalue weighted by molar-refractivity contribution is -0.137. The second-order valence-electron chi connectivity index (χ2n) is 7.40. The highest BCUT2D eigenvalue weighted by molar-refractivity contribution is 5.94. The second-order valence-corrected chi connectivity index (χ2v) is 7.40. The highest BCUT2D eigenvalue weighted by Crippen LogP contribution is 2.34. The number of ether oxygens (including phenoxy) is 1. The van der Waals surface area contributed by atoms with Gasteiger partial charge in [0.05, 0.1) is 5.56 Å². The third kappa shape index (κ3) is 3.66. The summed E-state index contributed by atoms with van der Waals surface area (Å²) in [7, 11) is 0. The number of nitrogens with zero attached hydrogens (tertiary/aromatic N) is 2. The van der Waals surface area contributed by atoms with Crippen LogP contribution in [-0.2, 0) is 17.3 Å². The highest BCUT2D eigenvalue weighted by atomic mass is 19.4. The summed E-state index contributed by atoms with van der Waals surface area (Å²) in [6.45, 7) is 0.840. The van der Waals surface area contributed by atoms with Gasteiger partial charge in [-0.3, -0.25) is 9.69 Å². The maximum absolute atomic E-state index is 13.0. The Bertz CT molecular complexity index is 932. The number of piperazine rings is 1. The van der Waals surface area contributed by atoms with Crippen LogP contribution in [0.25, 0.3) is 0 Å². The van der Waals surface area contributed by atoms with E-state index in [-0.39, 0.29) is 31.8 Å². The first-order valence-electron chi connectivity index (χ1n) is 9.23. The van der Waals surface area contributed by atoms with E-state index in [0.717, 1.165) is 17.7 Å². The van der Waals surface area contributed by atoms with Gasteiger partial charge in [0.15, 0.2) is 0 Å². The number of benzene rings is 2. The highest BCUT2D eigenvalue weighted by Gasteiger charge is 2.51. The third-order valence-electron chi connectivity index (χ3n) is 5.44. The number of fused-ring (bicyclic) bond motifs is 1. The Morgan fingerprint density at radius 3 is 2.55 bits per heavy atom. The monoisotopic (exact) mass is 404 g/mol. The Balaban J connectivity index is 1.60. The van der Waals surface area contributed by atoms with Gasteiger partial charge >= 0.3 is 12.3 Å². The van der Waals surface area contributed by atoms with E-state index in [1.807, 2.05) is 30.3 Å². The quantitative estimate of drug-likeness (QED) is 0.786. The molecule has 2 aromatic carbocycles. The predicted octanol–water partition coefficient (Wildman–Crippen LogP) is 3.59. The van der Waals surface area contributed by atoms with Crippen molar-refractivity contribution in [2.75, 3.05) is 26.2 Å². The fourth-order valence-corrected chi connectivity index (χ4v) is 4.02. The fourth-order valence-electron chi connectivity index (χ4n) is 4.02. The van der Waals surface area contributed by atoms with Crippen LogP contribution in [-0.4, -0.2) is 53.6 Å². The summed E-state index contributed by atoms with van der Waals surface area (Å²) in [6, 6.07) is 14.0. The Kier molecular flexibility index (Phi) is 4.72. The largest absolute Gasteiger partial charge is 0.447 e. The maximum Gasteiger partial charge on any atom is 0.416 e. The number of rotatable bonds is 3. The standard InChI is InChI=1S/C21H19F3N2O3/c22-21(23,24)17-8-4-7-16(11-17)18(27)25-9-10-26-19(28)29-14-20(26,13-25)12-15-5-2-1-3-6-15/h1-8,11H,9-10,12-14H2. The summed E-state index contributed by atoms with van der Waals surface area (Å²) < 4.78 is 44.3. The number of carbonyl (C=O) groups is 2. The van der Waals surface area contributed by atoms with Crippen molar-refractivity contribution < 1.29 is 27.5 Å². The Morgan fingerprint density at radius 1 is 1.07 bits per heavy atom. The minimum atomic E-state index is -4.52. The SMILES string of the molecule is O=C(c1cccc(C(F)(F)F)c1)N1CCN2C(=O)OCC2(Cc2ccccc2)C1. The van der Waals surface area contributed by atoms with E-state index in [2.05, 4.69) is 0 Å². The molecular formula is C21H19F3N2O3. The van der Waals surface area contributed by atoms with Crippen LogP contribution in [0, 0.1) is 0 Å². The number of halogens is 3. The summed E-state index contributed by atoms with van der Waals surface area (Å²) in [4.78, 5) is 28.3. The van der Waals surface area contributed by atoms with Gasteiger partial charge in [0.25, 0.3) is 5.91 Å². The van der Waals surface area contributed by atoms with E-state index in [1.165, 1.54) is 17.0 Å². The molecule has 0 aromatic heterocycles. The first-order valence-corrected chi connectivity index (χ1v) is 9.23. The van der Waals surface area contributed by atoms with Crippen LogP contribution in [0.3, 0.4) is 0 Å². The zero-order valence-electron chi connectivity index (χ0n) is 15.5.